The Kier molecular flexibility index (Phi) is 3.63. The van der Waals surface area contributed by atoms with Gasteiger partial charge in [0.1, 0.15) is 4.90 Å². The summed E-state index contributed by atoms with van der Waals surface area (Å²) < 4.78 is 26.1. The van der Waals surface area contributed by atoms with Gasteiger partial charge in [0, 0.05) is 25.6 Å². The van der Waals surface area contributed by atoms with Crippen LogP contribution in [0.4, 0.5) is 11.4 Å². The molecule has 0 bridgehead atoms. The topological polar surface area (TPSA) is 101 Å². The minimum Gasteiger partial charge on any atom is -0.323 e. The number of nitrogens with one attached hydrogen (secondary N) is 1. The Labute approximate surface area is 111 Å². The quantitative estimate of drug-likeness (QED) is 0.627. The fourth-order valence-corrected chi connectivity index (χ4v) is 2.81. The number of anilines is 2. The molecular weight excluding hydrogens is 266 g/mol. The second-order valence-corrected chi connectivity index (χ2v) is 5.64. The lowest BCUT2D eigenvalue weighted by atomic mass is 10.4. The van der Waals surface area contributed by atoms with Crippen molar-refractivity contribution >= 4 is 21.4 Å². The third kappa shape index (κ3) is 2.49. The number of hydrazine groups is 1. The number of nitrogen functional groups attached to an aromatic ring is 1. The van der Waals surface area contributed by atoms with E-state index in [0.29, 0.717) is 5.69 Å². The van der Waals surface area contributed by atoms with Gasteiger partial charge in [0.15, 0.2) is 0 Å². The normalized spacial score (nSPS) is 11.1. The van der Waals surface area contributed by atoms with Gasteiger partial charge in [-0.1, -0.05) is 0 Å². The lowest BCUT2D eigenvalue weighted by Gasteiger charge is -2.20. The summed E-state index contributed by atoms with van der Waals surface area (Å²) in [6.07, 6.45) is 5.74. The molecule has 8 heteroatoms. The maximum Gasteiger partial charge on any atom is 0.267 e. The number of pyridine rings is 2. The van der Waals surface area contributed by atoms with Crippen molar-refractivity contribution in [1.82, 2.24) is 9.97 Å². The zero-order valence-corrected chi connectivity index (χ0v) is 11.0. The summed E-state index contributed by atoms with van der Waals surface area (Å²) in [5, 5.41) is 0. The number of nitrogens with two attached hydrogens (primary N) is 1. The summed E-state index contributed by atoms with van der Waals surface area (Å²) in [6, 6.07) is 4.80. The summed E-state index contributed by atoms with van der Waals surface area (Å²) >= 11 is 0. The fourth-order valence-electron chi connectivity index (χ4n) is 1.53. The second-order valence-electron chi connectivity index (χ2n) is 3.70. The third-order valence-electron chi connectivity index (χ3n) is 2.59. The van der Waals surface area contributed by atoms with E-state index in [1.165, 1.54) is 31.7 Å². The van der Waals surface area contributed by atoms with Crippen LogP contribution in [0.25, 0.3) is 0 Å². The van der Waals surface area contributed by atoms with Crippen molar-refractivity contribution in [3.63, 3.8) is 0 Å². The lowest BCUT2D eigenvalue weighted by molar-refractivity contribution is 0.594. The van der Waals surface area contributed by atoms with Crippen LogP contribution in [0.3, 0.4) is 0 Å². The van der Waals surface area contributed by atoms with Gasteiger partial charge in [-0.2, -0.15) is 0 Å². The van der Waals surface area contributed by atoms with E-state index in [4.69, 9.17) is 5.84 Å². The van der Waals surface area contributed by atoms with E-state index in [-0.39, 0.29) is 10.6 Å². The molecule has 0 amide bonds. The molecule has 0 fully saturated rings. The highest BCUT2D eigenvalue weighted by Gasteiger charge is 2.24. The van der Waals surface area contributed by atoms with Crippen LogP contribution in [0.5, 0.6) is 0 Å². The van der Waals surface area contributed by atoms with Gasteiger partial charge in [-0.05, 0) is 18.2 Å². The standard InChI is InChI=1S/C11H13N5O2S/c1-16(9-3-2-5-13-7-9)19(17,18)11-8-14-6-4-10(11)15-12/h2-8H,12H2,1H3,(H,14,15). The highest BCUT2D eigenvalue weighted by atomic mass is 32.2. The molecule has 2 heterocycles. The van der Waals surface area contributed by atoms with Crippen LogP contribution in [0, 0.1) is 0 Å². The van der Waals surface area contributed by atoms with Crippen molar-refractivity contribution in [1.29, 1.82) is 0 Å². The summed E-state index contributed by atoms with van der Waals surface area (Å²) in [5.74, 6) is 5.31. The Morgan fingerprint density at radius 3 is 2.58 bits per heavy atom. The number of aromatic nitrogens is 2. The molecular formula is C11H13N5O2S. The predicted molar refractivity (Wildman–Crippen MR) is 71.9 cm³/mol. The highest BCUT2D eigenvalue weighted by molar-refractivity contribution is 7.93. The Bertz CT molecular complexity index is 660. The molecule has 19 heavy (non-hydrogen) atoms. The highest BCUT2D eigenvalue weighted by Crippen LogP contribution is 2.25. The minimum absolute atomic E-state index is 0.00357. The van der Waals surface area contributed by atoms with Gasteiger partial charge < -0.3 is 5.43 Å². The van der Waals surface area contributed by atoms with Crippen LogP contribution in [-0.4, -0.2) is 25.4 Å². The van der Waals surface area contributed by atoms with E-state index < -0.39 is 10.0 Å². The molecule has 2 aromatic heterocycles. The summed E-state index contributed by atoms with van der Waals surface area (Å²) in [5.41, 5.74) is 3.08. The van der Waals surface area contributed by atoms with Crippen molar-refractivity contribution in [3.05, 3.63) is 43.0 Å². The molecule has 7 nitrogen and oxygen atoms in total. The first-order valence-corrected chi connectivity index (χ1v) is 6.81. The molecule has 2 aromatic rings. The van der Waals surface area contributed by atoms with Crippen LogP contribution < -0.4 is 15.6 Å². The molecule has 0 aliphatic heterocycles. The minimum atomic E-state index is -3.75. The van der Waals surface area contributed by atoms with Gasteiger partial charge in [-0.25, -0.2) is 8.42 Å². The molecule has 0 atom stereocenters. The monoisotopic (exact) mass is 279 g/mol. The molecule has 0 aliphatic carbocycles. The molecule has 0 saturated carbocycles. The van der Waals surface area contributed by atoms with E-state index in [1.807, 2.05) is 0 Å². The first kappa shape index (κ1) is 13.2. The molecule has 2 rings (SSSR count). The Hall–Kier alpha value is -2.19. The maximum atomic E-state index is 12.5. The molecule has 0 spiro atoms. The molecule has 0 unspecified atom stereocenters. The molecule has 0 aromatic carbocycles. The number of sulfonamides is 1. The van der Waals surface area contributed by atoms with E-state index in [0.717, 1.165) is 4.31 Å². The van der Waals surface area contributed by atoms with Crippen LogP contribution in [0.1, 0.15) is 0 Å². The smallest absolute Gasteiger partial charge is 0.267 e. The van der Waals surface area contributed by atoms with Gasteiger partial charge >= 0.3 is 0 Å². The average molecular weight is 279 g/mol. The number of nitrogens with zero attached hydrogens (tertiary/aromatic N) is 3. The summed E-state index contributed by atoms with van der Waals surface area (Å²) in [4.78, 5) is 7.72. The van der Waals surface area contributed by atoms with Crippen molar-refractivity contribution < 1.29 is 8.42 Å². The lowest BCUT2D eigenvalue weighted by Crippen LogP contribution is -2.28. The Morgan fingerprint density at radius 2 is 1.95 bits per heavy atom. The van der Waals surface area contributed by atoms with Crippen LogP contribution in [-0.2, 0) is 10.0 Å². The van der Waals surface area contributed by atoms with Gasteiger partial charge in [0.2, 0.25) is 0 Å². The molecule has 0 aliphatic rings. The second kappa shape index (κ2) is 5.21. The van der Waals surface area contributed by atoms with E-state index in [2.05, 4.69) is 15.4 Å². The van der Waals surface area contributed by atoms with E-state index in [9.17, 15) is 8.42 Å². The number of rotatable bonds is 4. The predicted octanol–water partition coefficient (Wildman–Crippen LogP) is 0.587. The Balaban J connectivity index is 2.48. The molecule has 3 N–H and O–H groups in total. The third-order valence-corrected chi connectivity index (χ3v) is 4.40. The van der Waals surface area contributed by atoms with Crippen LogP contribution in [0.15, 0.2) is 47.9 Å². The van der Waals surface area contributed by atoms with Crippen LogP contribution in [0.2, 0.25) is 0 Å². The largest absolute Gasteiger partial charge is 0.323 e. The van der Waals surface area contributed by atoms with Crippen molar-refractivity contribution in [2.45, 2.75) is 4.90 Å². The van der Waals surface area contributed by atoms with Gasteiger partial charge in [-0.3, -0.25) is 20.1 Å². The molecule has 100 valence electrons. The maximum absolute atomic E-state index is 12.5. The number of hydrogen-bond acceptors (Lipinski definition) is 6. The van der Waals surface area contributed by atoms with Crippen LogP contribution >= 0.6 is 0 Å². The number of hydrogen-bond donors (Lipinski definition) is 2. The SMILES string of the molecule is CN(c1cccnc1)S(=O)(=O)c1cnccc1NN. The molecule has 0 saturated heterocycles. The van der Waals surface area contributed by atoms with Crippen molar-refractivity contribution in [3.8, 4) is 0 Å². The van der Waals surface area contributed by atoms with Gasteiger partial charge in [-0.15, -0.1) is 0 Å². The fraction of sp³-hybridized carbons (Fsp3) is 0.0909. The summed E-state index contributed by atoms with van der Waals surface area (Å²) in [7, 11) is -2.30. The summed E-state index contributed by atoms with van der Waals surface area (Å²) in [6.45, 7) is 0. The zero-order valence-electron chi connectivity index (χ0n) is 10.2. The van der Waals surface area contributed by atoms with Crippen molar-refractivity contribution in [2.24, 2.45) is 5.84 Å². The zero-order chi connectivity index (χ0) is 13.9. The molecule has 0 radical (unpaired) electrons. The van der Waals surface area contributed by atoms with Gasteiger partial charge in [0.25, 0.3) is 10.0 Å². The Morgan fingerprint density at radius 1 is 1.21 bits per heavy atom. The van der Waals surface area contributed by atoms with Gasteiger partial charge in [0.05, 0.1) is 17.6 Å². The average Bonchev–Trinajstić information content (AvgIpc) is 2.47. The van der Waals surface area contributed by atoms with E-state index in [1.54, 1.807) is 18.3 Å². The van der Waals surface area contributed by atoms with Crippen molar-refractivity contribution in [2.75, 3.05) is 16.8 Å². The van der Waals surface area contributed by atoms with E-state index >= 15 is 0 Å². The first-order valence-electron chi connectivity index (χ1n) is 5.37. The first-order chi connectivity index (χ1) is 9.07.